The van der Waals surface area contributed by atoms with E-state index in [-0.39, 0.29) is 47.1 Å². The molecule has 2 fully saturated rings. The summed E-state index contributed by atoms with van der Waals surface area (Å²) in [6, 6.07) is 30.6. The first-order valence-electron chi connectivity index (χ1n) is 21.2. The van der Waals surface area contributed by atoms with E-state index < -0.39 is 11.6 Å². The first-order chi connectivity index (χ1) is 31.5. The lowest BCUT2D eigenvalue weighted by molar-refractivity contribution is 0.0699. The lowest BCUT2D eigenvalue weighted by Gasteiger charge is -2.32. The Morgan fingerprint density at radius 3 is 1.51 bits per heavy atom. The largest absolute Gasteiger partial charge is 0.508 e. The molecule has 0 aliphatic carbocycles. The fraction of sp³-hybridized carbons (Fsp3) is 0.280. The predicted molar refractivity (Wildman–Crippen MR) is 244 cm³/mol. The number of phenolic OH excluding ortho intramolecular Hbond substituents is 1. The number of rotatable bonds is 10. The van der Waals surface area contributed by atoms with Crippen molar-refractivity contribution in [1.82, 2.24) is 19.8 Å². The molecule has 2 amide bonds. The number of piperidine rings is 2. The van der Waals surface area contributed by atoms with Gasteiger partial charge in [0.1, 0.15) is 52.9 Å². The van der Waals surface area contributed by atoms with E-state index in [9.17, 15) is 23.5 Å². The van der Waals surface area contributed by atoms with Crippen LogP contribution in [0.15, 0.2) is 122 Å². The lowest BCUT2D eigenvalue weighted by atomic mass is 9.89. The van der Waals surface area contributed by atoms with E-state index in [1.165, 1.54) is 24.3 Å². The van der Waals surface area contributed by atoms with Gasteiger partial charge >= 0.3 is 0 Å². The number of nitrogen functional groups attached to an aromatic ring is 2. The summed E-state index contributed by atoms with van der Waals surface area (Å²) in [4.78, 5) is 37.0. The Hall–Kier alpha value is -7.26. The quantitative estimate of drug-likeness (QED) is 0.104. The third kappa shape index (κ3) is 12.7. The van der Waals surface area contributed by atoms with Crippen molar-refractivity contribution in [2.45, 2.75) is 50.7 Å². The summed E-state index contributed by atoms with van der Waals surface area (Å²) < 4.78 is 45.1. The highest BCUT2D eigenvalue weighted by atomic mass is 19.1. The van der Waals surface area contributed by atoms with Crippen LogP contribution in [0, 0.1) is 11.6 Å². The number of benzene rings is 4. The summed E-state index contributed by atoms with van der Waals surface area (Å²) in [5.41, 5.74) is 15.4. The van der Waals surface area contributed by atoms with Crippen LogP contribution >= 0.6 is 0 Å². The second-order valence-electron chi connectivity index (χ2n) is 15.6. The molecule has 2 saturated heterocycles. The highest BCUT2D eigenvalue weighted by Crippen LogP contribution is 2.36. The van der Waals surface area contributed by atoms with Crippen LogP contribution < -0.4 is 25.7 Å². The number of aliphatic hydroxyl groups excluding tert-OH is 1. The number of amides is 2. The second-order valence-corrected chi connectivity index (χ2v) is 15.6. The van der Waals surface area contributed by atoms with Gasteiger partial charge in [0.2, 0.25) is 0 Å². The van der Waals surface area contributed by atoms with E-state index in [1.54, 1.807) is 54.6 Å². The molecule has 13 nitrogen and oxygen atoms in total. The SMILES string of the molecule is COc1cc(N)ncc1C1CCN(C(=O)c2ccc(O)cc2F)CC1.COc1cc(N)ncc1C1CCN(C(=O)c2ccc(OCc3ccccc3)cc2F)CC1.OCc1ccccc1. The number of halogens is 2. The molecular formula is C50H54F2N6O7. The van der Waals surface area contributed by atoms with Gasteiger partial charge < -0.3 is 45.7 Å². The number of carbonyl (C=O) groups is 2. The summed E-state index contributed by atoms with van der Waals surface area (Å²) in [5.74, 6) is 0.861. The molecule has 65 heavy (non-hydrogen) atoms. The fourth-order valence-corrected chi connectivity index (χ4v) is 7.78. The van der Waals surface area contributed by atoms with Crippen molar-refractivity contribution in [2.75, 3.05) is 51.9 Å². The standard InChI is InChI=1S/C25H26FN3O3.C18H20FN3O3.C7H8O/c1-31-23-14-24(27)28-15-21(23)18-9-11-29(12-10-18)25(30)20-8-7-19(13-22(20)26)32-16-17-5-3-2-4-6-17;1-25-16-9-17(20)21-10-14(16)11-4-6-22(7-5-11)18(24)13-3-2-12(23)8-15(13)19;8-6-7-4-2-1-3-5-7/h2-8,13-15,18H,9-12,16H2,1H3,(H2,27,28);2-3,8-11,23H,4-7H2,1H3,(H2,20,21);1-5,8H,6H2. The summed E-state index contributed by atoms with van der Waals surface area (Å²) in [5, 5.41) is 17.8. The predicted octanol–water partition coefficient (Wildman–Crippen LogP) is 8.13. The van der Waals surface area contributed by atoms with Gasteiger partial charge in [-0.2, -0.15) is 0 Å². The van der Waals surface area contributed by atoms with Crippen LogP contribution in [0.3, 0.4) is 0 Å². The van der Waals surface area contributed by atoms with Gasteiger partial charge in [0, 0.05) is 74.0 Å². The van der Waals surface area contributed by atoms with Gasteiger partial charge in [0.15, 0.2) is 0 Å². The van der Waals surface area contributed by atoms with E-state index in [2.05, 4.69) is 9.97 Å². The van der Waals surface area contributed by atoms with Crippen molar-refractivity contribution in [1.29, 1.82) is 0 Å². The first kappa shape index (κ1) is 47.2. The average molecular weight is 889 g/mol. The number of anilines is 2. The number of aromatic nitrogens is 2. The minimum atomic E-state index is -0.712. The average Bonchev–Trinajstić information content (AvgIpc) is 3.34. The van der Waals surface area contributed by atoms with E-state index in [0.717, 1.165) is 54.0 Å². The molecule has 15 heteroatoms. The van der Waals surface area contributed by atoms with Gasteiger partial charge in [0.25, 0.3) is 11.8 Å². The number of pyridine rings is 2. The highest BCUT2D eigenvalue weighted by Gasteiger charge is 2.29. The van der Waals surface area contributed by atoms with Crippen molar-refractivity contribution < 1.29 is 42.8 Å². The molecular weight excluding hydrogens is 835 g/mol. The molecule has 4 heterocycles. The maximum Gasteiger partial charge on any atom is 0.256 e. The Bertz CT molecular complexity index is 2500. The first-order valence-corrected chi connectivity index (χ1v) is 21.2. The third-order valence-electron chi connectivity index (χ3n) is 11.3. The maximum atomic E-state index is 14.7. The molecule has 4 aromatic carbocycles. The number of hydrogen-bond donors (Lipinski definition) is 4. The van der Waals surface area contributed by atoms with Crippen LogP contribution in [0.5, 0.6) is 23.0 Å². The van der Waals surface area contributed by atoms with Crippen LogP contribution in [0.4, 0.5) is 20.4 Å². The van der Waals surface area contributed by atoms with Gasteiger partial charge in [0.05, 0.1) is 32.0 Å². The topological polar surface area (TPSA) is 187 Å². The van der Waals surface area contributed by atoms with Crippen LogP contribution in [-0.2, 0) is 13.2 Å². The number of carbonyl (C=O) groups excluding carboxylic acids is 2. The number of likely N-dealkylation sites (tertiary alicyclic amines) is 2. The monoisotopic (exact) mass is 888 g/mol. The third-order valence-corrected chi connectivity index (χ3v) is 11.3. The number of ether oxygens (including phenoxy) is 3. The summed E-state index contributed by atoms with van der Waals surface area (Å²) in [6.45, 7) is 2.56. The number of methoxy groups -OCH3 is 2. The molecule has 0 bridgehead atoms. The Morgan fingerprint density at radius 2 is 1.09 bits per heavy atom. The fourth-order valence-electron chi connectivity index (χ4n) is 7.78. The van der Waals surface area contributed by atoms with E-state index in [1.807, 2.05) is 60.7 Å². The number of nitrogens with zero attached hydrogens (tertiary/aromatic N) is 4. The molecule has 0 radical (unpaired) electrons. The van der Waals surface area contributed by atoms with Crippen molar-refractivity contribution in [3.8, 4) is 23.0 Å². The molecule has 0 saturated carbocycles. The van der Waals surface area contributed by atoms with Crippen molar-refractivity contribution >= 4 is 23.5 Å². The van der Waals surface area contributed by atoms with Crippen molar-refractivity contribution in [3.63, 3.8) is 0 Å². The molecule has 2 aliphatic heterocycles. The molecule has 0 spiro atoms. The lowest BCUT2D eigenvalue weighted by Crippen LogP contribution is -2.38. The zero-order valence-electron chi connectivity index (χ0n) is 36.4. The van der Waals surface area contributed by atoms with Crippen LogP contribution in [0.1, 0.15) is 80.5 Å². The van der Waals surface area contributed by atoms with Gasteiger partial charge in [-0.25, -0.2) is 18.7 Å². The van der Waals surface area contributed by atoms with Crippen LogP contribution in [0.25, 0.3) is 0 Å². The number of nitrogens with two attached hydrogens (primary N) is 2. The molecule has 6 aromatic rings. The summed E-state index contributed by atoms with van der Waals surface area (Å²) in [7, 11) is 3.19. The van der Waals surface area contributed by atoms with Gasteiger partial charge in [-0.05, 0) is 72.9 Å². The Balaban J connectivity index is 0.000000188. The smallest absolute Gasteiger partial charge is 0.256 e. The van der Waals surface area contributed by atoms with E-state index >= 15 is 0 Å². The minimum Gasteiger partial charge on any atom is -0.508 e. The van der Waals surface area contributed by atoms with Crippen LogP contribution in [-0.4, -0.2) is 82.2 Å². The molecule has 0 unspecified atom stereocenters. The van der Waals surface area contributed by atoms with Gasteiger partial charge in [-0.3, -0.25) is 9.59 Å². The normalized spacial score (nSPS) is 14.0. The molecule has 2 aromatic heterocycles. The van der Waals surface area contributed by atoms with Crippen molar-refractivity contribution in [3.05, 3.63) is 167 Å². The number of aliphatic hydroxyl groups is 1. The minimum absolute atomic E-state index is 0.0250. The van der Waals surface area contributed by atoms with Crippen LogP contribution in [0.2, 0.25) is 0 Å². The molecule has 2 aliphatic rings. The second kappa shape index (κ2) is 22.9. The molecule has 340 valence electrons. The molecule has 0 atom stereocenters. The number of phenols is 1. The van der Waals surface area contributed by atoms with Gasteiger partial charge in [-0.15, -0.1) is 0 Å². The zero-order valence-corrected chi connectivity index (χ0v) is 36.4. The highest BCUT2D eigenvalue weighted by molar-refractivity contribution is 5.95. The number of aromatic hydroxyl groups is 1. The summed E-state index contributed by atoms with van der Waals surface area (Å²) >= 11 is 0. The summed E-state index contributed by atoms with van der Waals surface area (Å²) in [6.07, 6.45) is 6.40. The van der Waals surface area contributed by atoms with E-state index in [4.69, 9.17) is 30.8 Å². The van der Waals surface area contributed by atoms with Gasteiger partial charge in [-0.1, -0.05) is 60.7 Å². The van der Waals surface area contributed by atoms with Crippen molar-refractivity contribution in [2.24, 2.45) is 0 Å². The number of hydrogen-bond acceptors (Lipinski definition) is 11. The zero-order chi connectivity index (χ0) is 46.3. The maximum absolute atomic E-state index is 14.7. The Morgan fingerprint density at radius 1 is 0.646 bits per heavy atom. The Kier molecular flexibility index (Phi) is 16.6. The van der Waals surface area contributed by atoms with E-state index in [0.29, 0.717) is 61.7 Å². The Labute approximate surface area is 377 Å². The molecule has 8 rings (SSSR count). The molecule has 6 N–H and O–H groups in total.